The van der Waals surface area contributed by atoms with Crippen molar-refractivity contribution in [1.29, 1.82) is 0 Å². The van der Waals surface area contributed by atoms with Crippen molar-refractivity contribution in [3.8, 4) is 5.88 Å². The smallest absolute Gasteiger partial charge is 0.238 e. The zero-order valence-electron chi connectivity index (χ0n) is 10.3. The predicted molar refractivity (Wildman–Crippen MR) is 68.0 cm³/mol. The largest absolute Gasteiger partial charge is 0.479 e. The number of ether oxygens (including phenoxy) is 2. The average Bonchev–Trinajstić information content (AvgIpc) is 2.27. The number of morpholine rings is 1. The van der Waals surface area contributed by atoms with Crippen LogP contribution in [0.1, 0.15) is 13.8 Å². The van der Waals surface area contributed by atoms with Crippen LogP contribution in [0.3, 0.4) is 0 Å². The highest BCUT2D eigenvalue weighted by Gasteiger charge is 2.24. The molecule has 0 radical (unpaired) electrons. The topological polar surface area (TPSA) is 34.6 Å². The molecule has 0 N–H and O–H groups in total. The summed E-state index contributed by atoms with van der Waals surface area (Å²) in [6.07, 6.45) is 0.415. The molecular weight excluding hydrogens is 240 g/mol. The molecule has 2 heterocycles. The van der Waals surface area contributed by atoms with E-state index < -0.39 is 0 Å². The van der Waals surface area contributed by atoms with Crippen molar-refractivity contribution in [3.63, 3.8) is 0 Å². The maximum Gasteiger partial charge on any atom is 0.238 e. The number of hydrogen-bond donors (Lipinski definition) is 0. The lowest BCUT2D eigenvalue weighted by Crippen LogP contribution is -2.45. The molecule has 1 aromatic rings. The van der Waals surface area contributed by atoms with Crippen molar-refractivity contribution >= 4 is 17.3 Å². The van der Waals surface area contributed by atoms with Gasteiger partial charge < -0.3 is 14.4 Å². The van der Waals surface area contributed by atoms with E-state index >= 15 is 0 Å². The zero-order valence-corrected chi connectivity index (χ0v) is 11.1. The molecular formula is C12H17ClN2O2. The quantitative estimate of drug-likeness (QED) is 0.761. The lowest BCUT2D eigenvalue weighted by Gasteiger charge is -2.37. The first-order valence-electron chi connectivity index (χ1n) is 5.71. The van der Waals surface area contributed by atoms with E-state index in [4.69, 9.17) is 21.1 Å². The van der Waals surface area contributed by atoms with Crippen molar-refractivity contribution in [2.45, 2.75) is 26.1 Å². The Hall–Kier alpha value is -1.00. The van der Waals surface area contributed by atoms with E-state index in [2.05, 4.69) is 23.7 Å². The van der Waals surface area contributed by atoms with Gasteiger partial charge in [0.25, 0.3) is 0 Å². The van der Waals surface area contributed by atoms with Gasteiger partial charge in [0.1, 0.15) is 10.8 Å². The van der Waals surface area contributed by atoms with Gasteiger partial charge in [0.2, 0.25) is 5.88 Å². The molecule has 0 saturated carbocycles. The highest BCUT2D eigenvalue weighted by molar-refractivity contribution is 6.29. The van der Waals surface area contributed by atoms with Crippen molar-refractivity contribution in [3.05, 3.63) is 17.3 Å². The minimum absolute atomic E-state index is 0.208. The van der Waals surface area contributed by atoms with Gasteiger partial charge in [-0.3, -0.25) is 0 Å². The van der Waals surface area contributed by atoms with Crippen LogP contribution in [-0.4, -0.2) is 37.4 Å². The minimum Gasteiger partial charge on any atom is -0.479 e. The molecule has 1 aromatic heterocycles. The number of aromatic nitrogens is 1. The molecule has 0 bridgehead atoms. The highest BCUT2D eigenvalue weighted by atomic mass is 35.5. The number of hydrogen-bond acceptors (Lipinski definition) is 4. The Bertz CT molecular complexity index is 390. The maximum absolute atomic E-state index is 5.86. The second kappa shape index (κ2) is 5.10. The van der Waals surface area contributed by atoms with Crippen LogP contribution in [0.2, 0.25) is 5.15 Å². The summed E-state index contributed by atoms with van der Waals surface area (Å²) in [5.74, 6) is 0.568. The van der Waals surface area contributed by atoms with Gasteiger partial charge in [0.05, 0.1) is 19.3 Å². The summed E-state index contributed by atoms with van der Waals surface area (Å²) in [7, 11) is 1.61. The molecule has 0 amide bonds. The molecule has 2 atom stereocenters. The molecule has 94 valence electrons. The number of pyridine rings is 1. The summed E-state index contributed by atoms with van der Waals surface area (Å²) in [5.41, 5.74) is 0.971. The van der Waals surface area contributed by atoms with Gasteiger partial charge in [-0.1, -0.05) is 11.6 Å². The zero-order chi connectivity index (χ0) is 12.4. The van der Waals surface area contributed by atoms with Gasteiger partial charge in [0.15, 0.2) is 0 Å². The third-order valence-corrected chi connectivity index (χ3v) is 2.97. The van der Waals surface area contributed by atoms with Gasteiger partial charge in [-0.15, -0.1) is 0 Å². The Labute approximate surface area is 106 Å². The Morgan fingerprint density at radius 1 is 1.35 bits per heavy atom. The van der Waals surface area contributed by atoms with Crippen molar-refractivity contribution < 1.29 is 9.47 Å². The van der Waals surface area contributed by atoms with Crippen molar-refractivity contribution in [2.24, 2.45) is 0 Å². The molecule has 0 aliphatic carbocycles. The molecule has 1 fully saturated rings. The summed E-state index contributed by atoms with van der Waals surface area (Å²) < 4.78 is 11.0. The van der Waals surface area contributed by atoms with E-state index in [0.29, 0.717) is 11.0 Å². The summed E-state index contributed by atoms with van der Waals surface area (Å²) in [4.78, 5) is 6.40. The van der Waals surface area contributed by atoms with E-state index in [0.717, 1.165) is 18.8 Å². The first kappa shape index (κ1) is 12.5. The van der Waals surface area contributed by atoms with Gasteiger partial charge in [0, 0.05) is 13.1 Å². The summed E-state index contributed by atoms with van der Waals surface area (Å²) >= 11 is 5.86. The molecule has 0 aromatic carbocycles. The van der Waals surface area contributed by atoms with Gasteiger partial charge in [-0.05, 0) is 26.0 Å². The van der Waals surface area contributed by atoms with Crippen LogP contribution in [0.25, 0.3) is 0 Å². The SMILES string of the molecule is COc1nc(Cl)ccc1N1C[C@@H](C)O[C@@H](C)C1. The number of halogens is 1. The van der Waals surface area contributed by atoms with E-state index in [1.54, 1.807) is 13.2 Å². The Balaban J connectivity index is 2.26. The fourth-order valence-electron chi connectivity index (χ4n) is 2.18. The molecule has 0 unspecified atom stereocenters. The molecule has 2 rings (SSSR count). The van der Waals surface area contributed by atoms with Crippen LogP contribution in [0.15, 0.2) is 12.1 Å². The fraction of sp³-hybridized carbons (Fsp3) is 0.583. The van der Waals surface area contributed by atoms with E-state index in [1.165, 1.54) is 0 Å². The molecule has 5 heteroatoms. The second-order valence-corrected chi connectivity index (χ2v) is 4.71. The van der Waals surface area contributed by atoms with Crippen LogP contribution >= 0.6 is 11.6 Å². The van der Waals surface area contributed by atoms with Crippen molar-refractivity contribution in [2.75, 3.05) is 25.1 Å². The lowest BCUT2D eigenvalue weighted by molar-refractivity contribution is -0.00535. The third-order valence-electron chi connectivity index (χ3n) is 2.76. The molecule has 0 spiro atoms. The Kier molecular flexibility index (Phi) is 3.74. The minimum atomic E-state index is 0.208. The van der Waals surface area contributed by atoms with Crippen molar-refractivity contribution in [1.82, 2.24) is 4.98 Å². The number of methoxy groups -OCH3 is 1. The second-order valence-electron chi connectivity index (χ2n) is 4.32. The molecule has 1 aliphatic heterocycles. The normalized spacial score (nSPS) is 24.8. The van der Waals surface area contributed by atoms with Crippen LogP contribution in [0.4, 0.5) is 5.69 Å². The average molecular weight is 257 g/mol. The highest BCUT2D eigenvalue weighted by Crippen LogP contribution is 2.29. The summed E-state index contributed by atoms with van der Waals surface area (Å²) in [6, 6.07) is 3.73. The first-order chi connectivity index (χ1) is 8.10. The van der Waals surface area contributed by atoms with Gasteiger partial charge in [-0.25, -0.2) is 0 Å². The fourth-order valence-corrected chi connectivity index (χ4v) is 2.32. The van der Waals surface area contributed by atoms with E-state index in [-0.39, 0.29) is 12.2 Å². The number of anilines is 1. The standard InChI is InChI=1S/C12H17ClN2O2/c1-8-6-15(7-9(2)17-8)10-4-5-11(13)14-12(10)16-3/h4-5,8-9H,6-7H2,1-3H3/t8-,9+. The maximum atomic E-state index is 5.86. The number of rotatable bonds is 2. The monoisotopic (exact) mass is 256 g/mol. The van der Waals surface area contributed by atoms with Crippen LogP contribution in [0, 0.1) is 0 Å². The van der Waals surface area contributed by atoms with Gasteiger partial charge >= 0.3 is 0 Å². The summed E-state index contributed by atoms with van der Waals surface area (Å²) in [5, 5.41) is 0.444. The first-order valence-corrected chi connectivity index (χ1v) is 6.09. The molecule has 1 aliphatic rings. The molecule has 17 heavy (non-hydrogen) atoms. The van der Waals surface area contributed by atoms with Crippen LogP contribution in [-0.2, 0) is 4.74 Å². The third kappa shape index (κ3) is 2.82. The molecule has 1 saturated heterocycles. The Morgan fingerprint density at radius 2 is 2.00 bits per heavy atom. The summed E-state index contributed by atoms with van der Waals surface area (Å²) in [6.45, 7) is 5.81. The number of nitrogens with zero attached hydrogens (tertiary/aromatic N) is 2. The Morgan fingerprint density at radius 3 is 2.59 bits per heavy atom. The van der Waals surface area contributed by atoms with E-state index in [9.17, 15) is 0 Å². The van der Waals surface area contributed by atoms with Crippen LogP contribution < -0.4 is 9.64 Å². The van der Waals surface area contributed by atoms with Gasteiger partial charge in [-0.2, -0.15) is 4.98 Å². The predicted octanol–water partition coefficient (Wildman–Crippen LogP) is 2.36. The molecule has 4 nitrogen and oxygen atoms in total. The van der Waals surface area contributed by atoms with E-state index in [1.807, 2.05) is 6.07 Å². The van der Waals surface area contributed by atoms with Crippen LogP contribution in [0.5, 0.6) is 5.88 Å². The lowest BCUT2D eigenvalue weighted by atomic mass is 10.2.